The Hall–Kier alpha value is -4.32. The average molecular weight is 482 g/mol. The lowest BCUT2D eigenvalue weighted by Gasteiger charge is -2.17. The number of urea groups is 1. The summed E-state index contributed by atoms with van der Waals surface area (Å²) in [7, 11) is 1.61. The number of aromatic nitrogens is 3. The zero-order valence-corrected chi connectivity index (χ0v) is 19.0. The summed E-state index contributed by atoms with van der Waals surface area (Å²) < 4.78 is 25.5. The molecule has 1 fully saturated rings. The molecule has 0 saturated carbocycles. The fourth-order valence-corrected chi connectivity index (χ4v) is 3.54. The van der Waals surface area contributed by atoms with Crippen molar-refractivity contribution in [2.45, 2.75) is 19.4 Å². The first kappa shape index (κ1) is 23.8. The first-order chi connectivity index (χ1) is 16.8. The SMILES string of the molecule is COC1CCN(C(=O)Nc2cc(Oc3ccc(NC(=O)c4n[nH]c(=O)cc4C)cc3F)ccn2)C1. The topological polar surface area (TPSA) is 139 Å². The van der Waals surface area contributed by atoms with Crippen LogP contribution in [0, 0.1) is 12.7 Å². The van der Waals surface area contributed by atoms with Gasteiger partial charge in [-0.15, -0.1) is 0 Å². The molecule has 3 N–H and O–H groups in total. The van der Waals surface area contributed by atoms with Crippen molar-refractivity contribution in [3.63, 3.8) is 0 Å². The van der Waals surface area contributed by atoms with Crippen LogP contribution in [0.5, 0.6) is 11.5 Å². The van der Waals surface area contributed by atoms with E-state index in [0.717, 1.165) is 12.5 Å². The molecule has 11 nitrogen and oxygen atoms in total. The van der Waals surface area contributed by atoms with E-state index >= 15 is 0 Å². The number of nitrogens with zero attached hydrogens (tertiary/aromatic N) is 3. The average Bonchev–Trinajstić information content (AvgIpc) is 3.31. The van der Waals surface area contributed by atoms with Gasteiger partial charge in [0.15, 0.2) is 17.3 Å². The number of ether oxygens (including phenoxy) is 2. The van der Waals surface area contributed by atoms with Crippen LogP contribution in [0.3, 0.4) is 0 Å². The summed E-state index contributed by atoms with van der Waals surface area (Å²) in [5.41, 5.74) is 0.148. The molecule has 35 heavy (non-hydrogen) atoms. The number of carbonyl (C=O) groups excluding carboxylic acids is 2. The third-order valence-corrected chi connectivity index (χ3v) is 5.36. The van der Waals surface area contributed by atoms with Crippen LogP contribution in [0.15, 0.2) is 47.4 Å². The van der Waals surface area contributed by atoms with Gasteiger partial charge >= 0.3 is 6.03 Å². The molecule has 0 aliphatic carbocycles. The maximum absolute atomic E-state index is 14.7. The van der Waals surface area contributed by atoms with E-state index in [-0.39, 0.29) is 40.8 Å². The normalized spacial score (nSPS) is 15.1. The highest BCUT2D eigenvalue weighted by Crippen LogP contribution is 2.28. The lowest BCUT2D eigenvalue weighted by Crippen LogP contribution is -2.34. The van der Waals surface area contributed by atoms with Crippen LogP contribution in [-0.4, -0.2) is 58.3 Å². The molecule has 2 aromatic heterocycles. The minimum absolute atomic E-state index is 0.0103. The van der Waals surface area contributed by atoms with Gasteiger partial charge in [-0.2, -0.15) is 5.10 Å². The van der Waals surface area contributed by atoms with Crippen LogP contribution in [0.1, 0.15) is 22.5 Å². The van der Waals surface area contributed by atoms with Crippen LogP contribution >= 0.6 is 0 Å². The van der Waals surface area contributed by atoms with Crippen LogP contribution in [0.4, 0.5) is 20.7 Å². The summed E-state index contributed by atoms with van der Waals surface area (Å²) in [6.07, 6.45) is 2.20. The summed E-state index contributed by atoms with van der Waals surface area (Å²) >= 11 is 0. The van der Waals surface area contributed by atoms with E-state index < -0.39 is 17.3 Å². The van der Waals surface area contributed by atoms with Crippen LogP contribution in [0.2, 0.25) is 0 Å². The van der Waals surface area contributed by atoms with Gasteiger partial charge < -0.3 is 19.7 Å². The predicted molar refractivity (Wildman–Crippen MR) is 124 cm³/mol. The van der Waals surface area contributed by atoms with Gasteiger partial charge in [0, 0.05) is 50.3 Å². The number of anilines is 2. The smallest absolute Gasteiger partial charge is 0.323 e. The van der Waals surface area contributed by atoms with E-state index in [1.54, 1.807) is 18.9 Å². The second-order valence-corrected chi connectivity index (χ2v) is 7.86. The molecule has 1 aromatic carbocycles. The third-order valence-electron chi connectivity index (χ3n) is 5.36. The van der Waals surface area contributed by atoms with E-state index in [4.69, 9.17) is 9.47 Å². The van der Waals surface area contributed by atoms with Crippen LogP contribution in [-0.2, 0) is 4.74 Å². The largest absolute Gasteiger partial charge is 0.454 e. The van der Waals surface area contributed by atoms with Gasteiger partial charge in [0.05, 0.1) is 6.10 Å². The van der Waals surface area contributed by atoms with E-state index in [0.29, 0.717) is 18.7 Å². The van der Waals surface area contributed by atoms with E-state index in [9.17, 15) is 18.8 Å². The first-order valence-electron chi connectivity index (χ1n) is 10.7. The molecular formula is C23H23FN6O5. The standard InChI is InChI=1S/C23H23FN6O5/c1-13-9-20(31)28-29-21(13)22(32)26-14-3-4-18(17(24)10-14)35-15-5-7-25-19(11-15)27-23(33)30-8-6-16(12-30)34-2/h3-5,7,9-11,16H,6,8,12H2,1-2H3,(H,26,32)(H,28,31)(H,25,27,33). The molecule has 3 amide bonds. The van der Waals surface area contributed by atoms with Crippen molar-refractivity contribution in [2.75, 3.05) is 30.8 Å². The maximum Gasteiger partial charge on any atom is 0.323 e. The van der Waals surface area contributed by atoms with Crippen molar-refractivity contribution < 1.29 is 23.5 Å². The minimum atomic E-state index is -0.723. The molecule has 1 saturated heterocycles. The predicted octanol–water partition coefficient (Wildman–Crippen LogP) is 2.91. The number of hydrogen-bond donors (Lipinski definition) is 3. The Balaban J connectivity index is 1.40. The van der Waals surface area contributed by atoms with Crippen LogP contribution in [0.25, 0.3) is 0 Å². The van der Waals surface area contributed by atoms with Gasteiger partial charge in [0.1, 0.15) is 11.6 Å². The number of methoxy groups -OCH3 is 1. The second kappa shape index (κ2) is 10.3. The van der Waals surface area contributed by atoms with Crippen molar-refractivity contribution in [1.29, 1.82) is 0 Å². The molecule has 0 radical (unpaired) electrons. The third kappa shape index (κ3) is 5.79. The number of rotatable bonds is 6. The van der Waals surface area contributed by atoms with E-state index in [1.165, 1.54) is 36.5 Å². The van der Waals surface area contributed by atoms with Crippen molar-refractivity contribution in [3.8, 4) is 11.5 Å². The fourth-order valence-electron chi connectivity index (χ4n) is 3.54. The monoisotopic (exact) mass is 482 g/mol. The minimum Gasteiger partial charge on any atom is -0.454 e. The number of carbonyl (C=O) groups is 2. The zero-order chi connectivity index (χ0) is 24.9. The molecular weight excluding hydrogens is 459 g/mol. The van der Waals surface area contributed by atoms with Crippen molar-refractivity contribution >= 4 is 23.4 Å². The molecule has 3 aromatic rings. The highest BCUT2D eigenvalue weighted by Gasteiger charge is 2.26. The first-order valence-corrected chi connectivity index (χ1v) is 10.7. The number of pyridine rings is 1. The van der Waals surface area contributed by atoms with Gasteiger partial charge in [-0.3, -0.25) is 14.9 Å². The molecule has 1 atom stereocenters. The number of aromatic amines is 1. The Morgan fingerprint density at radius 3 is 2.74 bits per heavy atom. The fraction of sp³-hybridized carbons (Fsp3) is 0.261. The summed E-state index contributed by atoms with van der Waals surface area (Å²) in [6.45, 7) is 2.64. The number of nitrogens with one attached hydrogen (secondary N) is 3. The highest BCUT2D eigenvalue weighted by atomic mass is 19.1. The lowest BCUT2D eigenvalue weighted by molar-refractivity contribution is 0.102. The highest BCUT2D eigenvalue weighted by molar-refractivity contribution is 6.03. The number of H-pyrrole nitrogens is 1. The van der Waals surface area contributed by atoms with Crippen molar-refractivity contribution in [2.24, 2.45) is 0 Å². The van der Waals surface area contributed by atoms with Crippen molar-refractivity contribution in [3.05, 3.63) is 70.0 Å². The lowest BCUT2D eigenvalue weighted by atomic mass is 10.2. The molecule has 1 aliphatic heterocycles. The number of halogens is 1. The Labute approximate surface area is 199 Å². The summed E-state index contributed by atoms with van der Waals surface area (Å²) in [5.74, 6) is -0.904. The van der Waals surface area contributed by atoms with Gasteiger partial charge in [0.2, 0.25) is 0 Å². The van der Waals surface area contributed by atoms with E-state index in [2.05, 4.69) is 25.8 Å². The Morgan fingerprint density at radius 1 is 1.20 bits per heavy atom. The van der Waals surface area contributed by atoms with Gasteiger partial charge in [-0.25, -0.2) is 19.3 Å². The number of aryl methyl sites for hydroxylation is 1. The quantitative estimate of drug-likeness (QED) is 0.491. The second-order valence-electron chi connectivity index (χ2n) is 7.86. The number of benzene rings is 1. The Morgan fingerprint density at radius 2 is 2.03 bits per heavy atom. The van der Waals surface area contributed by atoms with E-state index in [1.807, 2.05) is 0 Å². The van der Waals surface area contributed by atoms with Gasteiger partial charge in [-0.1, -0.05) is 0 Å². The summed E-state index contributed by atoms with van der Waals surface area (Å²) in [5, 5.41) is 11.1. The van der Waals surface area contributed by atoms with Crippen molar-refractivity contribution in [1.82, 2.24) is 20.1 Å². The summed E-state index contributed by atoms with van der Waals surface area (Å²) in [6, 6.07) is 7.83. The van der Waals surface area contributed by atoms with Gasteiger partial charge in [-0.05, 0) is 37.1 Å². The Kier molecular flexibility index (Phi) is 7.01. The molecule has 1 unspecified atom stereocenters. The number of hydrogen-bond acceptors (Lipinski definition) is 7. The molecule has 0 spiro atoms. The number of likely N-dealkylation sites (tertiary alicyclic amines) is 1. The molecule has 1 aliphatic rings. The van der Waals surface area contributed by atoms with Crippen LogP contribution < -0.4 is 20.9 Å². The molecule has 182 valence electrons. The maximum atomic E-state index is 14.7. The number of amides is 3. The molecule has 12 heteroatoms. The molecule has 0 bridgehead atoms. The molecule has 3 heterocycles. The van der Waals surface area contributed by atoms with Gasteiger partial charge in [0.25, 0.3) is 11.5 Å². The Bertz CT molecular complexity index is 1310. The summed E-state index contributed by atoms with van der Waals surface area (Å²) in [4.78, 5) is 41.8. The molecule has 4 rings (SSSR count). The zero-order valence-electron chi connectivity index (χ0n) is 19.0.